The van der Waals surface area contributed by atoms with Crippen molar-refractivity contribution in [1.29, 1.82) is 0 Å². The van der Waals surface area contributed by atoms with Crippen LogP contribution in [0.2, 0.25) is 0 Å². The van der Waals surface area contributed by atoms with Gasteiger partial charge in [0.05, 0.1) is 16.3 Å². The van der Waals surface area contributed by atoms with Crippen LogP contribution in [0.3, 0.4) is 0 Å². The molecule has 1 amide bonds. The Labute approximate surface area is 130 Å². The van der Waals surface area contributed by atoms with Crippen LogP contribution in [0.5, 0.6) is 0 Å². The lowest BCUT2D eigenvalue weighted by atomic mass is 9.93. The zero-order valence-electron chi connectivity index (χ0n) is 12.6. The Morgan fingerprint density at radius 1 is 1.57 bits per heavy atom. The molecule has 3 N–H and O–H groups in total. The number of nitrogens with two attached hydrogens (primary N) is 1. The van der Waals surface area contributed by atoms with Gasteiger partial charge in [0.1, 0.15) is 0 Å². The highest BCUT2D eigenvalue weighted by atomic mass is 32.1. The molecule has 1 aliphatic rings. The number of carbonyl (C=O) groups is 1. The fourth-order valence-corrected chi connectivity index (χ4v) is 3.41. The van der Waals surface area contributed by atoms with E-state index >= 15 is 0 Å². The molecule has 2 rings (SSSR count). The maximum absolute atomic E-state index is 12.3. The highest BCUT2D eigenvalue weighted by molar-refractivity contribution is 7.14. The van der Waals surface area contributed by atoms with Gasteiger partial charge in [0.15, 0.2) is 0 Å². The van der Waals surface area contributed by atoms with Crippen LogP contribution in [0.25, 0.3) is 0 Å². The smallest absolute Gasteiger partial charge is 0.261 e. The minimum absolute atomic E-state index is 0.0112. The molecule has 1 fully saturated rings. The second-order valence-corrected chi connectivity index (χ2v) is 6.39. The first-order valence-electron chi connectivity index (χ1n) is 7.29. The van der Waals surface area contributed by atoms with Crippen molar-refractivity contribution in [3.05, 3.63) is 21.4 Å². The molecule has 0 saturated carbocycles. The molecular formula is C16H22N2O2S. The highest BCUT2D eigenvalue weighted by Crippen LogP contribution is 2.22. The van der Waals surface area contributed by atoms with E-state index in [2.05, 4.69) is 24.1 Å². The Morgan fingerprint density at radius 3 is 2.95 bits per heavy atom. The number of hydrogen-bond donors (Lipinski definition) is 2. The van der Waals surface area contributed by atoms with Gasteiger partial charge in [0.2, 0.25) is 0 Å². The zero-order chi connectivity index (χ0) is 15.2. The molecule has 1 unspecified atom stereocenters. The normalized spacial score (nSPS) is 16.9. The maximum Gasteiger partial charge on any atom is 0.261 e. The molecular weight excluding hydrogens is 284 g/mol. The van der Waals surface area contributed by atoms with Crippen molar-refractivity contribution in [2.24, 2.45) is 11.7 Å². The first-order chi connectivity index (χ1) is 10.1. The Hall–Kier alpha value is -1.35. The van der Waals surface area contributed by atoms with E-state index in [0.29, 0.717) is 17.3 Å². The van der Waals surface area contributed by atoms with Crippen molar-refractivity contribution in [1.82, 2.24) is 5.32 Å². The van der Waals surface area contributed by atoms with Gasteiger partial charge >= 0.3 is 0 Å². The second kappa shape index (κ2) is 7.60. The summed E-state index contributed by atoms with van der Waals surface area (Å²) in [6, 6.07) is 2.07. The minimum Gasteiger partial charge on any atom is -0.381 e. The van der Waals surface area contributed by atoms with E-state index in [4.69, 9.17) is 10.5 Å². The summed E-state index contributed by atoms with van der Waals surface area (Å²) in [5, 5.41) is 3.11. The molecule has 5 heteroatoms. The van der Waals surface area contributed by atoms with Crippen LogP contribution in [0, 0.1) is 24.7 Å². The lowest BCUT2D eigenvalue weighted by molar-refractivity contribution is 0.0539. The van der Waals surface area contributed by atoms with Gasteiger partial charge in [0, 0.05) is 19.3 Å². The number of carbonyl (C=O) groups excluding carboxylic acids is 1. The van der Waals surface area contributed by atoms with Crippen LogP contribution in [0.15, 0.2) is 6.07 Å². The summed E-state index contributed by atoms with van der Waals surface area (Å²) in [4.78, 5) is 14.0. The molecule has 1 aromatic heterocycles. The van der Waals surface area contributed by atoms with E-state index in [1.807, 2.05) is 13.0 Å². The molecule has 1 saturated heterocycles. The minimum atomic E-state index is -0.0112. The average Bonchev–Trinajstić information content (AvgIpc) is 2.87. The molecule has 114 valence electrons. The van der Waals surface area contributed by atoms with Crippen molar-refractivity contribution < 1.29 is 9.53 Å². The Bertz CT molecular complexity index is 550. The van der Waals surface area contributed by atoms with Crippen molar-refractivity contribution in [2.75, 3.05) is 19.8 Å². The van der Waals surface area contributed by atoms with Crippen molar-refractivity contribution in [2.45, 2.75) is 32.7 Å². The molecule has 0 bridgehead atoms. The molecule has 2 heterocycles. The fraction of sp³-hybridized carbons (Fsp3) is 0.562. The maximum atomic E-state index is 12.3. The van der Waals surface area contributed by atoms with E-state index < -0.39 is 0 Å². The number of aryl methyl sites for hydroxylation is 1. The first-order valence-corrected chi connectivity index (χ1v) is 8.11. The number of hydrogen-bond acceptors (Lipinski definition) is 4. The van der Waals surface area contributed by atoms with E-state index in [9.17, 15) is 4.79 Å². The lowest BCUT2D eigenvalue weighted by Crippen LogP contribution is -2.40. The average molecular weight is 306 g/mol. The zero-order valence-corrected chi connectivity index (χ0v) is 13.4. The van der Waals surface area contributed by atoms with Gasteiger partial charge in [0.25, 0.3) is 5.91 Å². The van der Waals surface area contributed by atoms with Gasteiger partial charge < -0.3 is 15.8 Å². The van der Waals surface area contributed by atoms with E-state index in [-0.39, 0.29) is 11.9 Å². The van der Waals surface area contributed by atoms with Gasteiger partial charge in [-0.15, -0.1) is 11.3 Å². The van der Waals surface area contributed by atoms with Crippen LogP contribution in [0.4, 0.5) is 0 Å². The van der Waals surface area contributed by atoms with Gasteiger partial charge in [-0.05, 0) is 44.2 Å². The topological polar surface area (TPSA) is 64.3 Å². The second-order valence-electron chi connectivity index (χ2n) is 5.34. The lowest BCUT2D eigenvalue weighted by Gasteiger charge is -2.28. The monoisotopic (exact) mass is 306 g/mol. The summed E-state index contributed by atoms with van der Waals surface area (Å²) in [5.74, 6) is 6.33. The van der Waals surface area contributed by atoms with Crippen LogP contribution < -0.4 is 11.1 Å². The molecule has 1 atom stereocenters. The molecule has 0 aliphatic carbocycles. The summed E-state index contributed by atoms with van der Waals surface area (Å²) < 4.78 is 5.36. The van der Waals surface area contributed by atoms with Crippen LogP contribution in [-0.2, 0) is 4.74 Å². The number of amides is 1. The van der Waals surface area contributed by atoms with E-state index in [0.717, 1.165) is 36.5 Å². The van der Waals surface area contributed by atoms with E-state index in [1.165, 1.54) is 11.3 Å². The Morgan fingerprint density at radius 2 is 2.29 bits per heavy atom. The summed E-state index contributed by atoms with van der Waals surface area (Å²) in [7, 11) is 0. The van der Waals surface area contributed by atoms with Gasteiger partial charge in [-0.1, -0.05) is 11.8 Å². The molecule has 1 aliphatic heterocycles. The number of thiophene rings is 1. The summed E-state index contributed by atoms with van der Waals surface area (Å²) in [6.45, 7) is 5.96. The summed E-state index contributed by atoms with van der Waals surface area (Å²) in [5.41, 5.74) is 6.42. The predicted molar refractivity (Wildman–Crippen MR) is 85.5 cm³/mol. The molecule has 21 heavy (non-hydrogen) atoms. The van der Waals surface area contributed by atoms with Crippen LogP contribution >= 0.6 is 11.3 Å². The van der Waals surface area contributed by atoms with Crippen molar-refractivity contribution >= 4 is 17.2 Å². The van der Waals surface area contributed by atoms with Gasteiger partial charge in [-0.2, -0.15) is 0 Å². The molecule has 1 aromatic rings. The highest BCUT2D eigenvalue weighted by Gasteiger charge is 2.23. The third-order valence-corrected chi connectivity index (χ3v) is 4.93. The van der Waals surface area contributed by atoms with Crippen molar-refractivity contribution in [3.8, 4) is 11.8 Å². The fourth-order valence-electron chi connectivity index (χ4n) is 2.46. The third kappa shape index (κ3) is 4.31. The molecule has 4 nitrogen and oxygen atoms in total. The number of rotatable bonds is 3. The standard InChI is InChI=1S/C16H22N2O2S/c1-11-10-15(21-14(11)4-3-7-17)16(19)18-12(2)13-5-8-20-9-6-13/h10,12-13H,5-9,17H2,1-2H3,(H,18,19). The Kier molecular flexibility index (Phi) is 5.80. The predicted octanol–water partition coefficient (Wildman–Crippen LogP) is 1.91. The Balaban J connectivity index is 1.99. The quantitative estimate of drug-likeness (QED) is 0.839. The number of ether oxygens (including phenoxy) is 1. The largest absolute Gasteiger partial charge is 0.381 e. The summed E-state index contributed by atoms with van der Waals surface area (Å²) >= 11 is 1.43. The van der Waals surface area contributed by atoms with Crippen LogP contribution in [-0.4, -0.2) is 31.7 Å². The third-order valence-electron chi connectivity index (χ3n) is 3.78. The van der Waals surface area contributed by atoms with Crippen molar-refractivity contribution in [3.63, 3.8) is 0 Å². The van der Waals surface area contributed by atoms with Crippen LogP contribution in [0.1, 0.15) is 39.9 Å². The SMILES string of the molecule is Cc1cc(C(=O)NC(C)C2CCOCC2)sc1C#CCN. The molecule has 0 aromatic carbocycles. The van der Waals surface area contributed by atoms with E-state index in [1.54, 1.807) is 0 Å². The first kappa shape index (κ1) is 16.0. The molecule has 0 radical (unpaired) electrons. The van der Waals surface area contributed by atoms with Gasteiger partial charge in [-0.3, -0.25) is 4.79 Å². The van der Waals surface area contributed by atoms with Gasteiger partial charge in [-0.25, -0.2) is 0 Å². The molecule has 0 spiro atoms. The summed E-state index contributed by atoms with van der Waals surface area (Å²) in [6.07, 6.45) is 2.02. The number of nitrogens with one attached hydrogen (secondary N) is 1.